The number of hydrogen-bond acceptors (Lipinski definition) is 1. The monoisotopic (exact) mass is 147 g/mol. The highest BCUT2D eigenvalue weighted by Crippen LogP contribution is 2.03. The van der Waals surface area contributed by atoms with Crippen LogP contribution in [0.3, 0.4) is 0 Å². The zero-order chi connectivity index (χ0) is 7.94. The molecule has 0 fully saturated rings. The Morgan fingerprint density at radius 3 is 3.18 bits per heavy atom. The SMILES string of the molecule is CCN=CC1=CC=CC=CC1. The molecule has 0 heterocycles. The Hall–Kier alpha value is -1.11. The molecule has 0 radical (unpaired) electrons. The Morgan fingerprint density at radius 2 is 2.36 bits per heavy atom. The molecule has 0 aromatic carbocycles. The van der Waals surface area contributed by atoms with E-state index in [1.54, 1.807) is 0 Å². The highest BCUT2D eigenvalue weighted by Gasteiger charge is 1.89. The normalized spacial score (nSPS) is 17.0. The molecule has 0 saturated carbocycles. The van der Waals surface area contributed by atoms with Gasteiger partial charge in [0.1, 0.15) is 0 Å². The van der Waals surface area contributed by atoms with Gasteiger partial charge in [0.15, 0.2) is 0 Å². The summed E-state index contributed by atoms with van der Waals surface area (Å²) in [7, 11) is 0. The maximum Gasteiger partial charge on any atom is 0.0361 e. The van der Waals surface area contributed by atoms with Gasteiger partial charge in [-0.1, -0.05) is 30.4 Å². The molecule has 1 nitrogen and oxygen atoms in total. The predicted octanol–water partition coefficient (Wildman–Crippen LogP) is 2.52. The maximum absolute atomic E-state index is 4.18. The van der Waals surface area contributed by atoms with Crippen molar-refractivity contribution in [2.45, 2.75) is 13.3 Å². The molecule has 1 aliphatic carbocycles. The van der Waals surface area contributed by atoms with Crippen LogP contribution in [-0.2, 0) is 0 Å². The van der Waals surface area contributed by atoms with E-state index >= 15 is 0 Å². The van der Waals surface area contributed by atoms with E-state index < -0.39 is 0 Å². The highest BCUT2D eigenvalue weighted by molar-refractivity contribution is 5.79. The summed E-state index contributed by atoms with van der Waals surface area (Å²) in [5, 5.41) is 0. The molecule has 0 aromatic rings. The first-order chi connectivity index (χ1) is 5.43. The fourth-order valence-corrected chi connectivity index (χ4v) is 0.898. The molecule has 11 heavy (non-hydrogen) atoms. The molecule has 0 atom stereocenters. The van der Waals surface area contributed by atoms with E-state index in [0.717, 1.165) is 13.0 Å². The Labute approximate surface area is 67.8 Å². The van der Waals surface area contributed by atoms with Crippen molar-refractivity contribution in [2.24, 2.45) is 4.99 Å². The molecule has 1 rings (SSSR count). The van der Waals surface area contributed by atoms with Gasteiger partial charge in [0.05, 0.1) is 0 Å². The Kier molecular flexibility index (Phi) is 3.39. The van der Waals surface area contributed by atoms with Crippen molar-refractivity contribution in [2.75, 3.05) is 6.54 Å². The third kappa shape index (κ3) is 2.99. The zero-order valence-electron chi connectivity index (χ0n) is 6.83. The molecule has 0 unspecified atom stereocenters. The average molecular weight is 147 g/mol. The number of nitrogens with zero attached hydrogens (tertiary/aromatic N) is 1. The molecular weight excluding hydrogens is 134 g/mol. The fourth-order valence-electron chi connectivity index (χ4n) is 0.898. The van der Waals surface area contributed by atoms with Crippen molar-refractivity contribution in [1.82, 2.24) is 0 Å². The van der Waals surface area contributed by atoms with E-state index in [1.807, 2.05) is 25.3 Å². The molecule has 1 aliphatic rings. The van der Waals surface area contributed by atoms with Crippen molar-refractivity contribution < 1.29 is 0 Å². The average Bonchev–Trinajstić information content (AvgIpc) is 2.28. The van der Waals surface area contributed by atoms with Gasteiger partial charge in [-0.3, -0.25) is 4.99 Å². The third-order valence-electron chi connectivity index (χ3n) is 1.46. The first kappa shape index (κ1) is 7.99. The minimum Gasteiger partial charge on any atom is -0.293 e. The Balaban J connectivity index is 2.57. The second-order valence-electron chi connectivity index (χ2n) is 2.39. The first-order valence-electron chi connectivity index (χ1n) is 3.95. The summed E-state index contributed by atoms with van der Waals surface area (Å²) >= 11 is 0. The standard InChI is InChI=1S/C10H13N/c1-2-11-9-10-7-5-3-4-6-8-10/h3-7,9H,2,8H2,1H3. The predicted molar refractivity (Wildman–Crippen MR) is 50.0 cm³/mol. The van der Waals surface area contributed by atoms with Gasteiger partial charge < -0.3 is 0 Å². The third-order valence-corrected chi connectivity index (χ3v) is 1.46. The van der Waals surface area contributed by atoms with Crippen LogP contribution in [0, 0.1) is 0 Å². The molecule has 0 aliphatic heterocycles. The van der Waals surface area contributed by atoms with E-state index in [4.69, 9.17) is 0 Å². The number of allylic oxidation sites excluding steroid dienone is 6. The van der Waals surface area contributed by atoms with Gasteiger partial charge in [-0.25, -0.2) is 0 Å². The first-order valence-corrected chi connectivity index (χ1v) is 3.95. The van der Waals surface area contributed by atoms with Crippen molar-refractivity contribution in [3.8, 4) is 0 Å². The van der Waals surface area contributed by atoms with E-state index in [-0.39, 0.29) is 0 Å². The van der Waals surface area contributed by atoms with E-state index in [2.05, 4.69) is 23.2 Å². The van der Waals surface area contributed by atoms with Crippen LogP contribution in [0.1, 0.15) is 13.3 Å². The van der Waals surface area contributed by atoms with Crippen molar-refractivity contribution in [3.63, 3.8) is 0 Å². The summed E-state index contributed by atoms with van der Waals surface area (Å²) in [6.07, 6.45) is 13.3. The lowest BCUT2D eigenvalue weighted by atomic mass is 10.2. The van der Waals surface area contributed by atoms with Crippen LogP contribution in [0.5, 0.6) is 0 Å². The van der Waals surface area contributed by atoms with Gasteiger partial charge in [-0.15, -0.1) is 0 Å². The lowest BCUT2D eigenvalue weighted by Gasteiger charge is -1.91. The molecule has 0 amide bonds. The molecule has 0 saturated heterocycles. The molecule has 1 heteroatoms. The summed E-state index contributed by atoms with van der Waals surface area (Å²) in [5.74, 6) is 0. The Bertz CT molecular complexity index is 219. The van der Waals surface area contributed by atoms with Gasteiger partial charge in [0, 0.05) is 12.8 Å². The van der Waals surface area contributed by atoms with E-state index in [9.17, 15) is 0 Å². The highest BCUT2D eigenvalue weighted by atomic mass is 14.7. The van der Waals surface area contributed by atoms with Crippen LogP contribution in [0.4, 0.5) is 0 Å². The van der Waals surface area contributed by atoms with Crippen LogP contribution in [0.25, 0.3) is 0 Å². The van der Waals surface area contributed by atoms with E-state index in [1.165, 1.54) is 5.57 Å². The minimum atomic E-state index is 0.866. The summed E-state index contributed by atoms with van der Waals surface area (Å²) < 4.78 is 0. The molecule has 0 aromatic heterocycles. The largest absolute Gasteiger partial charge is 0.293 e. The number of aliphatic imine (C=N–C) groups is 1. The zero-order valence-corrected chi connectivity index (χ0v) is 6.83. The molecule has 0 N–H and O–H groups in total. The number of rotatable bonds is 2. The van der Waals surface area contributed by atoms with Crippen molar-refractivity contribution >= 4 is 6.21 Å². The van der Waals surface area contributed by atoms with Gasteiger partial charge in [0.25, 0.3) is 0 Å². The maximum atomic E-state index is 4.18. The summed E-state index contributed by atoms with van der Waals surface area (Å²) in [6.45, 7) is 2.91. The van der Waals surface area contributed by atoms with Crippen LogP contribution >= 0.6 is 0 Å². The molecule has 0 spiro atoms. The summed E-state index contributed by atoms with van der Waals surface area (Å²) in [5.41, 5.74) is 1.27. The molecule has 0 bridgehead atoms. The van der Waals surface area contributed by atoms with Gasteiger partial charge in [0.2, 0.25) is 0 Å². The van der Waals surface area contributed by atoms with Crippen LogP contribution in [0.2, 0.25) is 0 Å². The van der Waals surface area contributed by atoms with Gasteiger partial charge in [-0.2, -0.15) is 0 Å². The lowest BCUT2D eigenvalue weighted by molar-refractivity contribution is 1.13. The van der Waals surface area contributed by atoms with Gasteiger partial charge in [-0.05, 0) is 18.9 Å². The van der Waals surface area contributed by atoms with Crippen LogP contribution < -0.4 is 0 Å². The smallest absolute Gasteiger partial charge is 0.0361 e. The number of hydrogen-bond donors (Lipinski definition) is 0. The van der Waals surface area contributed by atoms with Crippen LogP contribution in [-0.4, -0.2) is 12.8 Å². The van der Waals surface area contributed by atoms with Crippen LogP contribution in [0.15, 0.2) is 40.9 Å². The minimum absolute atomic E-state index is 0.866. The van der Waals surface area contributed by atoms with Crippen molar-refractivity contribution in [3.05, 3.63) is 36.0 Å². The quantitative estimate of drug-likeness (QED) is 0.532. The van der Waals surface area contributed by atoms with E-state index in [0.29, 0.717) is 0 Å². The summed E-state index contributed by atoms with van der Waals surface area (Å²) in [4.78, 5) is 4.18. The second kappa shape index (κ2) is 4.67. The molecule has 58 valence electrons. The fraction of sp³-hybridized carbons (Fsp3) is 0.300. The van der Waals surface area contributed by atoms with Gasteiger partial charge >= 0.3 is 0 Å². The lowest BCUT2D eigenvalue weighted by Crippen LogP contribution is -1.82. The molecular formula is C10H13N. The topological polar surface area (TPSA) is 12.4 Å². The Morgan fingerprint density at radius 1 is 1.45 bits per heavy atom. The van der Waals surface area contributed by atoms with Crippen molar-refractivity contribution in [1.29, 1.82) is 0 Å². The second-order valence-corrected chi connectivity index (χ2v) is 2.39. The summed E-state index contributed by atoms with van der Waals surface area (Å²) in [6, 6.07) is 0.